The largest absolute Gasteiger partial charge is 0.329 e. The van der Waals surface area contributed by atoms with E-state index in [0.29, 0.717) is 41.0 Å². The third-order valence-electron chi connectivity index (χ3n) is 6.12. The van der Waals surface area contributed by atoms with Crippen molar-refractivity contribution in [3.63, 3.8) is 0 Å². The number of carbonyl (C=O) groups excluding carboxylic acids is 1. The SMILES string of the molecule is Cc1ccc2c(C(=O)N3CCc4c(nn(C)c4-c4cc(F)c(F)c(F)c4)[C@@H]3C)nccc2n1. The predicted molar refractivity (Wildman–Crippen MR) is 116 cm³/mol. The minimum atomic E-state index is -1.51. The van der Waals surface area contributed by atoms with Crippen LogP contribution in [0.1, 0.15) is 40.4 Å². The number of nitrogens with zero attached hydrogens (tertiary/aromatic N) is 5. The summed E-state index contributed by atoms with van der Waals surface area (Å²) >= 11 is 0. The molecule has 1 aliphatic rings. The molecule has 0 saturated carbocycles. The van der Waals surface area contributed by atoms with Gasteiger partial charge in [-0.05, 0) is 50.6 Å². The van der Waals surface area contributed by atoms with Crippen LogP contribution in [-0.2, 0) is 13.5 Å². The monoisotopic (exact) mass is 451 g/mol. The fourth-order valence-electron chi connectivity index (χ4n) is 4.54. The van der Waals surface area contributed by atoms with E-state index in [1.807, 2.05) is 26.0 Å². The fourth-order valence-corrected chi connectivity index (χ4v) is 4.54. The molecule has 0 spiro atoms. The number of rotatable bonds is 2. The summed E-state index contributed by atoms with van der Waals surface area (Å²) in [5, 5.41) is 5.21. The predicted octanol–water partition coefficient (Wildman–Crippen LogP) is 4.52. The minimum absolute atomic E-state index is 0.201. The Hall–Kier alpha value is -3.75. The van der Waals surface area contributed by atoms with Crippen molar-refractivity contribution >= 4 is 16.8 Å². The van der Waals surface area contributed by atoms with Crippen LogP contribution in [0.15, 0.2) is 36.5 Å². The van der Waals surface area contributed by atoms with Crippen LogP contribution in [0, 0.1) is 24.4 Å². The molecule has 168 valence electrons. The summed E-state index contributed by atoms with van der Waals surface area (Å²) in [4.78, 5) is 24.0. The van der Waals surface area contributed by atoms with Crippen molar-refractivity contribution in [3.05, 3.63) is 76.6 Å². The minimum Gasteiger partial charge on any atom is -0.329 e. The van der Waals surface area contributed by atoms with E-state index in [-0.39, 0.29) is 11.5 Å². The number of aryl methyl sites for hydroxylation is 2. The van der Waals surface area contributed by atoms with E-state index in [1.165, 1.54) is 4.68 Å². The van der Waals surface area contributed by atoms with E-state index in [9.17, 15) is 18.0 Å². The first-order valence-corrected chi connectivity index (χ1v) is 10.5. The Morgan fingerprint density at radius 2 is 1.85 bits per heavy atom. The number of hydrogen-bond acceptors (Lipinski definition) is 4. The van der Waals surface area contributed by atoms with Gasteiger partial charge in [0.25, 0.3) is 5.91 Å². The van der Waals surface area contributed by atoms with Crippen molar-refractivity contribution in [1.82, 2.24) is 24.6 Å². The average molecular weight is 451 g/mol. The van der Waals surface area contributed by atoms with Crippen molar-refractivity contribution in [3.8, 4) is 11.3 Å². The van der Waals surface area contributed by atoms with Crippen LogP contribution in [0.2, 0.25) is 0 Å². The van der Waals surface area contributed by atoms with E-state index in [1.54, 1.807) is 24.2 Å². The Balaban J connectivity index is 1.54. The third-order valence-corrected chi connectivity index (χ3v) is 6.12. The first kappa shape index (κ1) is 21.1. The molecule has 0 N–H and O–H groups in total. The first-order valence-electron chi connectivity index (χ1n) is 10.5. The number of carbonyl (C=O) groups is 1. The van der Waals surface area contributed by atoms with Gasteiger partial charge < -0.3 is 4.90 Å². The molecule has 5 rings (SSSR count). The third kappa shape index (κ3) is 3.35. The molecule has 6 nitrogen and oxygen atoms in total. The summed E-state index contributed by atoms with van der Waals surface area (Å²) in [6.45, 7) is 4.11. The van der Waals surface area contributed by atoms with Crippen LogP contribution in [-0.4, -0.2) is 37.1 Å². The molecule has 0 radical (unpaired) electrons. The lowest BCUT2D eigenvalue weighted by Gasteiger charge is -2.33. The van der Waals surface area contributed by atoms with Crippen LogP contribution >= 0.6 is 0 Å². The van der Waals surface area contributed by atoms with E-state index in [4.69, 9.17) is 0 Å². The van der Waals surface area contributed by atoms with Crippen LogP contribution in [0.3, 0.4) is 0 Å². The Kier molecular flexibility index (Phi) is 4.92. The second-order valence-corrected chi connectivity index (χ2v) is 8.19. The molecule has 3 aromatic heterocycles. The van der Waals surface area contributed by atoms with Crippen LogP contribution in [0.25, 0.3) is 22.2 Å². The molecule has 0 bridgehead atoms. The topological polar surface area (TPSA) is 63.9 Å². The highest BCUT2D eigenvalue weighted by Crippen LogP contribution is 2.37. The number of aromatic nitrogens is 4. The number of amides is 1. The molecule has 0 unspecified atom stereocenters. The van der Waals surface area contributed by atoms with E-state index >= 15 is 0 Å². The van der Waals surface area contributed by atoms with Crippen molar-refractivity contribution < 1.29 is 18.0 Å². The molecule has 1 aliphatic heterocycles. The lowest BCUT2D eigenvalue weighted by atomic mass is 9.95. The molecular formula is C24H20F3N5O. The van der Waals surface area contributed by atoms with Crippen LogP contribution in [0.5, 0.6) is 0 Å². The Bertz CT molecular complexity index is 1410. The molecule has 4 aromatic rings. The highest BCUT2D eigenvalue weighted by atomic mass is 19.2. The standard InChI is InChI=1S/C24H20F3N5O/c1-12-4-5-15-19(29-12)6-8-28-22(15)24(33)32-9-7-16-21(13(32)2)30-31(3)23(16)14-10-17(25)20(27)18(26)11-14/h4-6,8,10-11,13H,7,9H2,1-3H3/t13-/m0/s1. The molecule has 1 aromatic carbocycles. The lowest BCUT2D eigenvalue weighted by Crippen LogP contribution is -2.39. The lowest BCUT2D eigenvalue weighted by molar-refractivity contribution is 0.0670. The first-order chi connectivity index (χ1) is 15.8. The molecule has 0 saturated heterocycles. The Morgan fingerprint density at radius 3 is 2.58 bits per heavy atom. The zero-order chi connectivity index (χ0) is 23.4. The fraction of sp³-hybridized carbons (Fsp3) is 0.250. The number of halogens is 3. The zero-order valence-electron chi connectivity index (χ0n) is 18.2. The number of benzene rings is 1. The van der Waals surface area contributed by atoms with Crippen molar-refractivity contribution in [2.75, 3.05) is 6.54 Å². The van der Waals surface area contributed by atoms with Gasteiger partial charge in [-0.3, -0.25) is 19.4 Å². The van der Waals surface area contributed by atoms with Gasteiger partial charge in [0.2, 0.25) is 0 Å². The van der Waals surface area contributed by atoms with E-state index in [0.717, 1.165) is 23.4 Å². The van der Waals surface area contributed by atoms with Gasteiger partial charge in [0, 0.05) is 42.0 Å². The van der Waals surface area contributed by atoms with Gasteiger partial charge in [-0.15, -0.1) is 0 Å². The molecule has 1 amide bonds. The molecule has 1 atom stereocenters. The molecule has 33 heavy (non-hydrogen) atoms. The maximum atomic E-state index is 13.9. The van der Waals surface area contributed by atoms with Gasteiger partial charge in [-0.1, -0.05) is 0 Å². The van der Waals surface area contributed by atoms with Gasteiger partial charge in [0.15, 0.2) is 17.5 Å². The van der Waals surface area contributed by atoms with E-state index in [2.05, 4.69) is 15.1 Å². The summed E-state index contributed by atoms with van der Waals surface area (Å²) in [6, 6.07) is 6.98. The molecule has 0 aliphatic carbocycles. The Labute approximate surface area is 187 Å². The van der Waals surface area contributed by atoms with Crippen LogP contribution in [0.4, 0.5) is 13.2 Å². The molecule has 4 heterocycles. The van der Waals surface area contributed by atoms with Crippen molar-refractivity contribution in [2.45, 2.75) is 26.3 Å². The van der Waals surface area contributed by atoms with Gasteiger partial charge in [-0.25, -0.2) is 13.2 Å². The van der Waals surface area contributed by atoms with Crippen molar-refractivity contribution in [2.24, 2.45) is 7.05 Å². The van der Waals surface area contributed by atoms with Crippen molar-refractivity contribution in [1.29, 1.82) is 0 Å². The Morgan fingerprint density at radius 1 is 1.12 bits per heavy atom. The number of hydrogen-bond donors (Lipinski definition) is 0. The maximum absolute atomic E-state index is 13.9. The van der Waals surface area contributed by atoms with Crippen LogP contribution < -0.4 is 0 Å². The van der Waals surface area contributed by atoms with Gasteiger partial charge in [0.1, 0.15) is 5.69 Å². The second kappa shape index (κ2) is 7.68. The summed E-state index contributed by atoms with van der Waals surface area (Å²) < 4.78 is 42.7. The number of pyridine rings is 2. The van der Waals surface area contributed by atoms with Gasteiger partial charge >= 0.3 is 0 Å². The highest BCUT2D eigenvalue weighted by Gasteiger charge is 2.34. The van der Waals surface area contributed by atoms with Gasteiger partial charge in [-0.2, -0.15) is 5.10 Å². The van der Waals surface area contributed by atoms with Gasteiger partial charge in [0.05, 0.1) is 22.9 Å². The summed E-state index contributed by atoms with van der Waals surface area (Å²) in [5.74, 6) is -4.26. The number of fused-ring (bicyclic) bond motifs is 2. The quantitative estimate of drug-likeness (QED) is 0.421. The zero-order valence-corrected chi connectivity index (χ0v) is 18.2. The normalized spacial score (nSPS) is 15.7. The summed E-state index contributed by atoms with van der Waals surface area (Å²) in [5.41, 5.74) is 3.97. The smallest absolute Gasteiger partial charge is 0.273 e. The molecular weight excluding hydrogens is 431 g/mol. The average Bonchev–Trinajstić information content (AvgIpc) is 3.13. The summed E-state index contributed by atoms with van der Waals surface area (Å²) in [7, 11) is 1.66. The molecule has 9 heteroatoms. The maximum Gasteiger partial charge on any atom is 0.273 e. The van der Waals surface area contributed by atoms with E-state index < -0.39 is 23.5 Å². The second-order valence-electron chi connectivity index (χ2n) is 8.19. The summed E-state index contributed by atoms with van der Waals surface area (Å²) in [6.07, 6.45) is 2.00. The molecule has 0 fully saturated rings. The highest BCUT2D eigenvalue weighted by molar-refractivity contribution is 6.04.